The summed E-state index contributed by atoms with van der Waals surface area (Å²) >= 11 is 0. The average molecular weight is 356 g/mol. The number of amides is 3. The molecule has 3 aromatic heterocycles. The number of hydrazine groups is 1. The fourth-order valence-electron chi connectivity index (χ4n) is 1.98. The SMILES string of the molecule is O=C(CNC(=O)c1ncccc1O)NNC(=O)c1ncnc2nc[nH]c12. The van der Waals surface area contributed by atoms with Crippen LogP contribution >= 0.6 is 0 Å². The van der Waals surface area contributed by atoms with E-state index in [1.54, 1.807) is 0 Å². The minimum Gasteiger partial charge on any atom is -0.505 e. The first kappa shape index (κ1) is 16.8. The van der Waals surface area contributed by atoms with Gasteiger partial charge in [-0.1, -0.05) is 0 Å². The lowest BCUT2D eigenvalue weighted by atomic mass is 10.3. The Balaban J connectivity index is 1.53. The second kappa shape index (κ2) is 7.21. The first-order chi connectivity index (χ1) is 12.6. The van der Waals surface area contributed by atoms with Gasteiger partial charge in [-0.05, 0) is 12.1 Å². The van der Waals surface area contributed by atoms with Gasteiger partial charge in [0.05, 0.1) is 12.9 Å². The van der Waals surface area contributed by atoms with Crippen LogP contribution in [0.2, 0.25) is 0 Å². The lowest BCUT2D eigenvalue weighted by Crippen LogP contribution is -2.46. The first-order valence-electron chi connectivity index (χ1n) is 7.21. The van der Waals surface area contributed by atoms with Crippen LogP contribution in [-0.4, -0.2) is 54.3 Å². The number of aromatic amines is 1. The maximum absolute atomic E-state index is 12.1. The molecule has 3 rings (SSSR count). The lowest BCUT2D eigenvalue weighted by Gasteiger charge is -2.08. The number of hydrogen-bond acceptors (Lipinski definition) is 8. The van der Waals surface area contributed by atoms with E-state index >= 15 is 0 Å². The van der Waals surface area contributed by atoms with Crippen molar-refractivity contribution in [3.05, 3.63) is 42.4 Å². The van der Waals surface area contributed by atoms with Gasteiger partial charge >= 0.3 is 0 Å². The summed E-state index contributed by atoms with van der Waals surface area (Å²) in [6.07, 6.45) is 3.85. The van der Waals surface area contributed by atoms with Gasteiger partial charge in [0.15, 0.2) is 17.0 Å². The van der Waals surface area contributed by atoms with Gasteiger partial charge in [0.1, 0.15) is 17.6 Å². The monoisotopic (exact) mass is 356 g/mol. The molecule has 0 bridgehead atoms. The number of rotatable bonds is 4. The zero-order valence-corrected chi connectivity index (χ0v) is 13.1. The number of carbonyl (C=O) groups excluding carboxylic acids is 3. The lowest BCUT2D eigenvalue weighted by molar-refractivity contribution is -0.120. The van der Waals surface area contributed by atoms with Gasteiger partial charge in [0.25, 0.3) is 17.7 Å². The summed E-state index contributed by atoms with van der Waals surface area (Å²) < 4.78 is 0. The van der Waals surface area contributed by atoms with Crippen molar-refractivity contribution in [1.82, 2.24) is 41.1 Å². The zero-order valence-electron chi connectivity index (χ0n) is 13.1. The molecule has 0 atom stereocenters. The molecule has 132 valence electrons. The number of fused-ring (bicyclic) bond motifs is 1. The van der Waals surface area contributed by atoms with E-state index < -0.39 is 24.3 Å². The summed E-state index contributed by atoms with van der Waals surface area (Å²) in [5.74, 6) is -2.44. The summed E-state index contributed by atoms with van der Waals surface area (Å²) in [6.45, 7) is -0.446. The van der Waals surface area contributed by atoms with Crippen LogP contribution in [0.15, 0.2) is 31.0 Å². The smallest absolute Gasteiger partial charge is 0.290 e. The third kappa shape index (κ3) is 3.53. The van der Waals surface area contributed by atoms with Crippen molar-refractivity contribution in [2.24, 2.45) is 0 Å². The van der Waals surface area contributed by atoms with Crippen molar-refractivity contribution in [2.45, 2.75) is 0 Å². The van der Waals surface area contributed by atoms with E-state index in [1.165, 1.54) is 31.0 Å². The van der Waals surface area contributed by atoms with Gasteiger partial charge in [0.2, 0.25) is 0 Å². The summed E-state index contributed by atoms with van der Waals surface area (Å²) in [4.78, 5) is 53.6. The molecule has 3 amide bonds. The molecule has 0 aliphatic rings. The molecule has 3 heterocycles. The van der Waals surface area contributed by atoms with Crippen LogP contribution in [-0.2, 0) is 4.79 Å². The van der Waals surface area contributed by atoms with E-state index in [0.717, 1.165) is 0 Å². The molecule has 12 heteroatoms. The molecule has 26 heavy (non-hydrogen) atoms. The van der Waals surface area contributed by atoms with Crippen LogP contribution in [0.25, 0.3) is 11.2 Å². The molecule has 0 saturated carbocycles. The van der Waals surface area contributed by atoms with Gasteiger partial charge in [-0.3, -0.25) is 25.2 Å². The highest BCUT2D eigenvalue weighted by molar-refractivity contribution is 6.02. The van der Waals surface area contributed by atoms with E-state index in [2.05, 4.69) is 41.1 Å². The molecule has 0 aromatic carbocycles. The second-order valence-electron chi connectivity index (χ2n) is 4.88. The second-order valence-corrected chi connectivity index (χ2v) is 4.88. The molecule has 0 aliphatic carbocycles. The van der Waals surface area contributed by atoms with Crippen LogP contribution in [0, 0.1) is 0 Å². The quantitative estimate of drug-likeness (QED) is 0.356. The highest BCUT2D eigenvalue weighted by atomic mass is 16.3. The molecule has 12 nitrogen and oxygen atoms in total. The summed E-state index contributed by atoms with van der Waals surface area (Å²) in [5.41, 5.74) is 4.69. The Bertz CT molecular complexity index is 986. The Labute approximate surface area is 145 Å². The van der Waals surface area contributed by atoms with Crippen LogP contribution < -0.4 is 16.2 Å². The summed E-state index contributed by atoms with van der Waals surface area (Å²) in [7, 11) is 0. The normalized spacial score (nSPS) is 10.3. The van der Waals surface area contributed by atoms with Crippen LogP contribution in [0.3, 0.4) is 0 Å². The van der Waals surface area contributed by atoms with Gasteiger partial charge in [-0.25, -0.2) is 19.9 Å². The van der Waals surface area contributed by atoms with Gasteiger partial charge in [-0.2, -0.15) is 0 Å². The Morgan fingerprint density at radius 2 is 1.88 bits per heavy atom. The summed E-state index contributed by atoms with van der Waals surface area (Å²) in [6, 6.07) is 2.75. The van der Waals surface area contributed by atoms with Gasteiger partial charge < -0.3 is 15.4 Å². The maximum atomic E-state index is 12.1. The van der Waals surface area contributed by atoms with Gasteiger partial charge in [-0.15, -0.1) is 0 Å². The maximum Gasteiger partial charge on any atom is 0.290 e. The molecule has 0 unspecified atom stereocenters. The molecule has 0 aliphatic heterocycles. The van der Waals surface area contributed by atoms with E-state index in [-0.39, 0.29) is 17.1 Å². The fourth-order valence-corrected chi connectivity index (χ4v) is 1.98. The molecule has 0 saturated heterocycles. The number of pyridine rings is 1. The number of aromatic nitrogens is 5. The third-order valence-corrected chi connectivity index (χ3v) is 3.16. The highest BCUT2D eigenvalue weighted by Crippen LogP contribution is 2.11. The Morgan fingerprint density at radius 1 is 1.04 bits per heavy atom. The minimum absolute atomic E-state index is 0.00440. The minimum atomic E-state index is -0.737. The topological polar surface area (TPSA) is 175 Å². The van der Waals surface area contributed by atoms with Crippen molar-refractivity contribution in [3.8, 4) is 5.75 Å². The first-order valence-corrected chi connectivity index (χ1v) is 7.21. The summed E-state index contributed by atoms with van der Waals surface area (Å²) in [5, 5.41) is 11.8. The number of H-pyrrole nitrogens is 1. The van der Waals surface area contributed by atoms with Crippen molar-refractivity contribution < 1.29 is 19.5 Å². The largest absolute Gasteiger partial charge is 0.505 e. The van der Waals surface area contributed by atoms with Crippen LogP contribution in [0.1, 0.15) is 21.0 Å². The van der Waals surface area contributed by atoms with E-state index in [0.29, 0.717) is 11.2 Å². The zero-order chi connectivity index (χ0) is 18.5. The van der Waals surface area contributed by atoms with E-state index in [1.807, 2.05) is 0 Å². The molecular weight excluding hydrogens is 344 g/mol. The Morgan fingerprint density at radius 3 is 2.69 bits per heavy atom. The number of nitrogens with one attached hydrogen (secondary N) is 4. The predicted molar refractivity (Wildman–Crippen MR) is 85.5 cm³/mol. The van der Waals surface area contributed by atoms with Crippen LogP contribution in [0.4, 0.5) is 0 Å². The van der Waals surface area contributed by atoms with E-state index in [4.69, 9.17) is 0 Å². The molecule has 3 aromatic rings. The third-order valence-electron chi connectivity index (χ3n) is 3.16. The highest BCUT2D eigenvalue weighted by Gasteiger charge is 2.16. The number of hydrogen-bond donors (Lipinski definition) is 5. The molecule has 0 spiro atoms. The Hall–Kier alpha value is -4.09. The average Bonchev–Trinajstić information content (AvgIpc) is 3.13. The van der Waals surface area contributed by atoms with Crippen LogP contribution in [0.5, 0.6) is 5.75 Å². The van der Waals surface area contributed by atoms with E-state index in [9.17, 15) is 19.5 Å². The van der Waals surface area contributed by atoms with Gasteiger partial charge in [0, 0.05) is 6.20 Å². The standard InChI is InChI=1S/C14H12N8O4/c23-7-2-1-3-15-9(7)13(25)16-4-8(24)21-22-14(26)11-10-12(19-5-17-10)20-6-18-11/h1-3,5-6,23H,4H2,(H,16,25)(H,21,24)(H,22,26)(H,17,18,19,20). The fraction of sp³-hybridized carbons (Fsp3) is 0.0714. The molecule has 0 fully saturated rings. The number of aromatic hydroxyl groups is 1. The van der Waals surface area contributed by atoms with Crippen molar-refractivity contribution >= 4 is 28.9 Å². The van der Waals surface area contributed by atoms with Crippen molar-refractivity contribution in [2.75, 3.05) is 6.54 Å². The molecular formula is C14H12N8O4. The molecule has 5 N–H and O–H groups in total. The number of carbonyl (C=O) groups is 3. The molecule has 0 radical (unpaired) electrons. The number of imidazole rings is 1. The Kier molecular flexibility index (Phi) is 4.65. The number of nitrogens with zero attached hydrogens (tertiary/aromatic N) is 4. The predicted octanol–water partition coefficient (Wildman–Crippen LogP) is -1.36. The van der Waals surface area contributed by atoms with Crippen molar-refractivity contribution in [3.63, 3.8) is 0 Å². The van der Waals surface area contributed by atoms with Crippen molar-refractivity contribution in [1.29, 1.82) is 0 Å².